The molecule has 0 heterocycles. The molecule has 1 fully saturated rings. The van der Waals surface area contributed by atoms with Crippen LogP contribution in [-0.4, -0.2) is 12.6 Å². The molecule has 0 aromatic heterocycles. The van der Waals surface area contributed by atoms with Gasteiger partial charge in [0.15, 0.2) is 0 Å². The van der Waals surface area contributed by atoms with Crippen LogP contribution in [0.5, 0.6) is 0 Å². The predicted octanol–water partition coefficient (Wildman–Crippen LogP) is 3.59. The van der Waals surface area contributed by atoms with E-state index < -0.39 is 0 Å². The van der Waals surface area contributed by atoms with Crippen LogP contribution in [0.25, 0.3) is 0 Å². The van der Waals surface area contributed by atoms with Crippen LogP contribution in [0.15, 0.2) is 0 Å². The summed E-state index contributed by atoms with van der Waals surface area (Å²) in [6.07, 6.45) is 12.8. The van der Waals surface area contributed by atoms with Gasteiger partial charge in [-0.1, -0.05) is 27.2 Å². The van der Waals surface area contributed by atoms with Crippen LogP contribution >= 0.6 is 0 Å². The van der Waals surface area contributed by atoms with Crippen molar-refractivity contribution in [2.45, 2.75) is 65.3 Å². The first-order valence-corrected chi connectivity index (χ1v) is 6.78. The molecule has 0 amide bonds. The normalized spacial score (nSPS) is 25.2. The molecule has 1 rings (SSSR count). The number of nitrogens with one attached hydrogen (secondary N) is 1. The van der Waals surface area contributed by atoms with Gasteiger partial charge in [-0.05, 0) is 43.6 Å². The van der Waals surface area contributed by atoms with E-state index in [-0.39, 0.29) is 0 Å². The summed E-state index contributed by atoms with van der Waals surface area (Å²) in [5.41, 5.74) is 0.500. The van der Waals surface area contributed by atoms with Crippen LogP contribution in [0, 0.1) is 23.7 Å². The summed E-state index contributed by atoms with van der Waals surface area (Å²) in [4.78, 5) is 0. The fraction of sp³-hybridized carbons (Fsp3) is 0.867. The molecule has 0 spiro atoms. The van der Waals surface area contributed by atoms with Crippen LogP contribution in [0.4, 0.5) is 0 Å². The van der Waals surface area contributed by atoms with Gasteiger partial charge < -0.3 is 5.32 Å². The van der Waals surface area contributed by atoms with E-state index in [1.807, 2.05) is 0 Å². The Hall–Kier alpha value is -0.480. The van der Waals surface area contributed by atoms with E-state index in [0.717, 1.165) is 25.3 Å². The van der Waals surface area contributed by atoms with Crippen molar-refractivity contribution in [1.29, 1.82) is 0 Å². The summed E-state index contributed by atoms with van der Waals surface area (Å²) >= 11 is 0. The first kappa shape index (κ1) is 13.6. The van der Waals surface area contributed by atoms with E-state index >= 15 is 0 Å². The topological polar surface area (TPSA) is 12.0 Å². The molecule has 0 aromatic carbocycles. The molecule has 0 radical (unpaired) electrons. The quantitative estimate of drug-likeness (QED) is 0.676. The molecule has 0 saturated heterocycles. The van der Waals surface area contributed by atoms with Gasteiger partial charge in [-0.2, -0.15) is 0 Å². The lowest BCUT2D eigenvalue weighted by Crippen LogP contribution is -2.41. The maximum Gasteiger partial charge on any atom is 0.0109 e. The lowest BCUT2D eigenvalue weighted by Gasteiger charge is -2.34. The summed E-state index contributed by atoms with van der Waals surface area (Å²) < 4.78 is 0. The first-order chi connectivity index (χ1) is 7.61. The van der Waals surface area contributed by atoms with Gasteiger partial charge in [-0.25, -0.2) is 0 Å². The van der Waals surface area contributed by atoms with E-state index in [4.69, 9.17) is 6.42 Å². The second kappa shape index (κ2) is 6.30. The molecular weight excluding hydrogens is 194 g/mol. The zero-order valence-corrected chi connectivity index (χ0v) is 11.2. The smallest absolute Gasteiger partial charge is 0.0109 e. The lowest BCUT2D eigenvalue weighted by atomic mass is 9.76. The third-order valence-electron chi connectivity index (χ3n) is 4.08. The van der Waals surface area contributed by atoms with Gasteiger partial charge in [0.05, 0.1) is 0 Å². The highest BCUT2D eigenvalue weighted by Gasteiger charge is 2.38. The maximum absolute atomic E-state index is 5.39. The highest BCUT2D eigenvalue weighted by Crippen LogP contribution is 2.45. The molecule has 1 aliphatic rings. The van der Waals surface area contributed by atoms with Crippen molar-refractivity contribution in [3.8, 4) is 12.3 Å². The average molecular weight is 221 g/mol. The van der Waals surface area contributed by atoms with E-state index in [1.165, 1.54) is 25.7 Å². The van der Waals surface area contributed by atoms with Crippen molar-refractivity contribution in [2.24, 2.45) is 11.3 Å². The van der Waals surface area contributed by atoms with Crippen LogP contribution in [-0.2, 0) is 0 Å². The molecule has 0 bridgehead atoms. The maximum atomic E-state index is 5.39. The number of hydrogen-bond acceptors (Lipinski definition) is 1. The van der Waals surface area contributed by atoms with Gasteiger partial charge in [-0.15, -0.1) is 12.3 Å². The number of rotatable bonds is 6. The van der Waals surface area contributed by atoms with Gasteiger partial charge in [0.25, 0.3) is 0 Å². The highest BCUT2D eigenvalue weighted by atomic mass is 14.9. The van der Waals surface area contributed by atoms with E-state index in [2.05, 4.69) is 32.0 Å². The predicted molar refractivity (Wildman–Crippen MR) is 71.3 cm³/mol. The fourth-order valence-corrected chi connectivity index (χ4v) is 3.11. The Morgan fingerprint density at radius 3 is 2.75 bits per heavy atom. The SMILES string of the molecule is C#CCCC(NCCC)C1CCCC1(C)C. The molecule has 2 atom stereocenters. The zero-order valence-electron chi connectivity index (χ0n) is 11.2. The van der Waals surface area contributed by atoms with Gasteiger partial charge in [0.2, 0.25) is 0 Å². The Morgan fingerprint density at radius 1 is 1.50 bits per heavy atom. The third-order valence-corrected chi connectivity index (χ3v) is 4.08. The largest absolute Gasteiger partial charge is 0.314 e. The minimum atomic E-state index is 0.500. The average Bonchev–Trinajstić information content (AvgIpc) is 2.59. The summed E-state index contributed by atoms with van der Waals surface area (Å²) in [5.74, 6) is 3.60. The number of hydrogen-bond donors (Lipinski definition) is 1. The monoisotopic (exact) mass is 221 g/mol. The van der Waals surface area contributed by atoms with Crippen molar-refractivity contribution in [3.05, 3.63) is 0 Å². The van der Waals surface area contributed by atoms with Crippen molar-refractivity contribution < 1.29 is 0 Å². The van der Waals surface area contributed by atoms with Gasteiger partial charge in [-0.3, -0.25) is 0 Å². The summed E-state index contributed by atoms with van der Waals surface area (Å²) in [6.45, 7) is 8.19. The highest BCUT2D eigenvalue weighted by molar-refractivity contribution is 4.94. The fourth-order valence-electron chi connectivity index (χ4n) is 3.11. The Bertz CT molecular complexity index is 236. The van der Waals surface area contributed by atoms with Crippen LogP contribution in [0.3, 0.4) is 0 Å². The molecule has 1 saturated carbocycles. The molecule has 16 heavy (non-hydrogen) atoms. The Kier molecular flexibility index (Phi) is 5.35. The molecule has 1 heteroatoms. The molecule has 1 N–H and O–H groups in total. The van der Waals surface area contributed by atoms with Crippen molar-refractivity contribution in [1.82, 2.24) is 5.32 Å². The third kappa shape index (κ3) is 3.52. The zero-order chi connectivity index (χ0) is 12.0. The summed E-state index contributed by atoms with van der Waals surface area (Å²) in [7, 11) is 0. The summed E-state index contributed by atoms with van der Waals surface area (Å²) in [6, 6.07) is 0.633. The van der Waals surface area contributed by atoms with E-state index in [1.54, 1.807) is 0 Å². The Balaban J connectivity index is 2.56. The van der Waals surface area contributed by atoms with Crippen molar-refractivity contribution >= 4 is 0 Å². The van der Waals surface area contributed by atoms with Crippen LogP contribution in [0.2, 0.25) is 0 Å². The van der Waals surface area contributed by atoms with Gasteiger partial charge >= 0.3 is 0 Å². The molecule has 1 aliphatic carbocycles. The van der Waals surface area contributed by atoms with E-state index in [0.29, 0.717) is 11.5 Å². The standard InChI is InChI=1S/C15H27N/c1-5-7-10-14(16-12-6-2)13-9-8-11-15(13,3)4/h1,13-14,16H,6-12H2,2-4H3. The minimum Gasteiger partial charge on any atom is -0.314 e. The molecule has 1 nitrogen and oxygen atoms in total. The Labute approximate surface area is 101 Å². The molecule has 0 aromatic rings. The second-order valence-corrected chi connectivity index (χ2v) is 5.79. The van der Waals surface area contributed by atoms with Crippen molar-refractivity contribution in [2.75, 3.05) is 6.54 Å². The molecule has 2 unspecified atom stereocenters. The van der Waals surface area contributed by atoms with Gasteiger partial charge in [0, 0.05) is 12.5 Å². The lowest BCUT2D eigenvalue weighted by molar-refractivity contribution is 0.190. The molecular formula is C15H27N. The molecule has 0 aliphatic heterocycles. The Morgan fingerprint density at radius 2 is 2.25 bits per heavy atom. The summed E-state index contributed by atoms with van der Waals surface area (Å²) in [5, 5.41) is 3.71. The number of terminal acetylenes is 1. The van der Waals surface area contributed by atoms with Crippen LogP contribution < -0.4 is 5.32 Å². The van der Waals surface area contributed by atoms with Crippen LogP contribution in [0.1, 0.15) is 59.3 Å². The second-order valence-electron chi connectivity index (χ2n) is 5.79. The van der Waals surface area contributed by atoms with Crippen molar-refractivity contribution in [3.63, 3.8) is 0 Å². The van der Waals surface area contributed by atoms with E-state index in [9.17, 15) is 0 Å². The van der Waals surface area contributed by atoms with Gasteiger partial charge in [0.1, 0.15) is 0 Å². The molecule has 92 valence electrons. The minimum absolute atomic E-state index is 0.500. The first-order valence-electron chi connectivity index (χ1n) is 6.78.